The van der Waals surface area contributed by atoms with E-state index >= 15 is 0 Å². The van der Waals surface area contributed by atoms with Crippen molar-refractivity contribution < 1.29 is 19.5 Å². The fourth-order valence-corrected chi connectivity index (χ4v) is 3.47. The lowest BCUT2D eigenvalue weighted by Gasteiger charge is -2.28. The Bertz CT molecular complexity index is 332. The average Bonchev–Trinajstić information content (AvgIpc) is 2.68. The molecule has 0 aromatic heterocycles. The normalized spacial score (nSPS) is 11.2. The van der Waals surface area contributed by atoms with Gasteiger partial charge in [-0.15, -0.1) is 0 Å². The Labute approximate surface area is 182 Å². The molecular formula is C25H53NO3. The summed E-state index contributed by atoms with van der Waals surface area (Å²) in [6.07, 6.45) is 23.0. The van der Waals surface area contributed by atoms with E-state index in [9.17, 15) is 9.90 Å². The maximum absolute atomic E-state index is 9.26. The van der Waals surface area contributed by atoms with Crippen LogP contribution in [0.25, 0.3) is 0 Å². The number of quaternary nitrogens is 1. The standard InChI is InChI=1S/C22H48NO.C3H6O2/c1-4-5-6-7-8-9-10-11-12-13-14-15-16-17-18-19-20-23(2,3)21-22-24;1-2-3(4)5/h24H,4-22H2,1-3H3;2H2,1H3,(H,4,5)/q+1;/p-1. The maximum atomic E-state index is 9.26. The largest absolute Gasteiger partial charge is 0.550 e. The molecule has 4 heteroatoms. The number of hydrogen-bond acceptors (Lipinski definition) is 3. The summed E-state index contributed by atoms with van der Waals surface area (Å²) in [5, 5.41) is 18.3. The van der Waals surface area contributed by atoms with Crippen molar-refractivity contribution in [3.63, 3.8) is 0 Å². The van der Waals surface area contributed by atoms with Crippen LogP contribution in [0.1, 0.15) is 123 Å². The Morgan fingerprint density at radius 3 is 1.24 bits per heavy atom. The molecule has 0 spiro atoms. The Balaban J connectivity index is 0. The van der Waals surface area contributed by atoms with Gasteiger partial charge < -0.3 is 19.5 Å². The second kappa shape index (κ2) is 23.7. The Kier molecular flexibility index (Phi) is 25.0. The number of carbonyl (C=O) groups is 1. The lowest BCUT2D eigenvalue weighted by atomic mass is 10.0. The monoisotopic (exact) mass is 415 g/mol. The van der Waals surface area contributed by atoms with Crippen LogP contribution in [0.2, 0.25) is 0 Å². The zero-order chi connectivity index (χ0) is 22.2. The van der Waals surface area contributed by atoms with Crippen molar-refractivity contribution in [2.24, 2.45) is 0 Å². The van der Waals surface area contributed by atoms with Gasteiger partial charge in [0.25, 0.3) is 0 Å². The summed E-state index contributed by atoms with van der Waals surface area (Å²) in [5.41, 5.74) is 0. The van der Waals surface area contributed by atoms with Crippen LogP contribution in [0.15, 0.2) is 0 Å². The van der Waals surface area contributed by atoms with Gasteiger partial charge in [0.05, 0.1) is 27.2 Å². The molecule has 0 rings (SSSR count). The van der Waals surface area contributed by atoms with Crippen LogP contribution < -0.4 is 5.11 Å². The van der Waals surface area contributed by atoms with Crippen LogP contribution in [0.5, 0.6) is 0 Å². The molecule has 0 aromatic carbocycles. The van der Waals surface area contributed by atoms with Crippen molar-refractivity contribution in [1.82, 2.24) is 0 Å². The first-order valence-corrected chi connectivity index (χ1v) is 12.5. The van der Waals surface area contributed by atoms with Crippen LogP contribution in [0, 0.1) is 0 Å². The third kappa shape index (κ3) is 29.7. The molecule has 0 atom stereocenters. The molecule has 0 heterocycles. The molecule has 29 heavy (non-hydrogen) atoms. The highest BCUT2D eigenvalue weighted by Crippen LogP contribution is 2.14. The third-order valence-electron chi connectivity index (χ3n) is 5.61. The number of aliphatic hydroxyl groups is 1. The van der Waals surface area contributed by atoms with E-state index in [0.29, 0.717) is 6.61 Å². The van der Waals surface area contributed by atoms with Crippen molar-refractivity contribution in [3.8, 4) is 0 Å². The summed E-state index contributed by atoms with van der Waals surface area (Å²) < 4.78 is 0.967. The number of hydrogen-bond donors (Lipinski definition) is 1. The molecule has 0 radical (unpaired) electrons. The van der Waals surface area contributed by atoms with Gasteiger partial charge in [-0.05, 0) is 19.3 Å². The van der Waals surface area contributed by atoms with Gasteiger partial charge in [-0.3, -0.25) is 0 Å². The Hall–Kier alpha value is -0.610. The van der Waals surface area contributed by atoms with E-state index in [1.807, 2.05) is 0 Å². The van der Waals surface area contributed by atoms with E-state index in [1.54, 1.807) is 0 Å². The highest BCUT2D eigenvalue weighted by atomic mass is 16.4. The molecule has 0 saturated carbocycles. The van der Waals surface area contributed by atoms with Crippen LogP contribution in [0.3, 0.4) is 0 Å². The second-order valence-electron chi connectivity index (χ2n) is 9.14. The fourth-order valence-electron chi connectivity index (χ4n) is 3.47. The topological polar surface area (TPSA) is 60.4 Å². The number of aliphatic hydroxyl groups excluding tert-OH is 1. The van der Waals surface area contributed by atoms with Gasteiger partial charge in [0, 0.05) is 5.97 Å². The molecule has 0 aliphatic rings. The van der Waals surface area contributed by atoms with Crippen molar-refractivity contribution in [3.05, 3.63) is 0 Å². The first kappa shape index (κ1) is 30.6. The second-order valence-corrected chi connectivity index (χ2v) is 9.14. The molecule has 0 amide bonds. The van der Waals surface area contributed by atoms with Gasteiger partial charge in [-0.25, -0.2) is 0 Å². The van der Waals surface area contributed by atoms with Gasteiger partial charge in [0.2, 0.25) is 0 Å². The smallest absolute Gasteiger partial charge is 0.102 e. The minimum atomic E-state index is -0.995. The van der Waals surface area contributed by atoms with E-state index in [1.165, 1.54) is 116 Å². The highest BCUT2D eigenvalue weighted by Gasteiger charge is 2.12. The van der Waals surface area contributed by atoms with Gasteiger partial charge in [0.15, 0.2) is 0 Å². The van der Waals surface area contributed by atoms with Crippen molar-refractivity contribution >= 4 is 5.97 Å². The fraction of sp³-hybridized carbons (Fsp3) is 0.960. The van der Waals surface area contributed by atoms with E-state index in [0.717, 1.165) is 11.0 Å². The van der Waals surface area contributed by atoms with Gasteiger partial charge in [0.1, 0.15) is 6.54 Å². The quantitative estimate of drug-likeness (QED) is 0.212. The van der Waals surface area contributed by atoms with Crippen LogP contribution in [0.4, 0.5) is 0 Å². The lowest BCUT2D eigenvalue weighted by Crippen LogP contribution is -2.42. The number of unbranched alkanes of at least 4 members (excludes halogenated alkanes) is 15. The van der Waals surface area contributed by atoms with E-state index in [2.05, 4.69) is 21.0 Å². The number of nitrogens with zero attached hydrogens (tertiary/aromatic N) is 1. The third-order valence-corrected chi connectivity index (χ3v) is 5.61. The number of rotatable bonds is 20. The first-order valence-electron chi connectivity index (χ1n) is 12.5. The Morgan fingerprint density at radius 1 is 0.655 bits per heavy atom. The number of carbonyl (C=O) groups excluding carboxylic acids is 1. The molecule has 0 aromatic rings. The molecule has 0 saturated heterocycles. The van der Waals surface area contributed by atoms with Crippen molar-refractivity contribution in [2.45, 2.75) is 123 Å². The van der Waals surface area contributed by atoms with Crippen LogP contribution in [-0.2, 0) is 4.79 Å². The van der Waals surface area contributed by atoms with Crippen LogP contribution in [-0.4, -0.2) is 49.4 Å². The number of carboxylic acid groups (broad SMARTS) is 1. The van der Waals surface area contributed by atoms with E-state index in [4.69, 9.17) is 5.11 Å². The number of carboxylic acids is 1. The summed E-state index contributed by atoms with van der Waals surface area (Å²) in [5.74, 6) is -0.995. The van der Waals surface area contributed by atoms with Crippen LogP contribution >= 0.6 is 0 Å². The first-order chi connectivity index (χ1) is 13.9. The molecule has 0 bridgehead atoms. The van der Waals surface area contributed by atoms with Gasteiger partial charge in [-0.2, -0.15) is 0 Å². The highest BCUT2D eigenvalue weighted by molar-refractivity contribution is 5.63. The molecular weight excluding hydrogens is 362 g/mol. The van der Waals surface area contributed by atoms with Gasteiger partial charge >= 0.3 is 0 Å². The molecule has 4 nitrogen and oxygen atoms in total. The zero-order valence-corrected chi connectivity index (χ0v) is 20.4. The van der Waals surface area contributed by atoms with E-state index in [-0.39, 0.29) is 6.42 Å². The minimum Gasteiger partial charge on any atom is -0.550 e. The molecule has 0 aliphatic carbocycles. The average molecular weight is 416 g/mol. The summed E-state index contributed by atoms with van der Waals surface area (Å²) in [4.78, 5) is 9.26. The zero-order valence-electron chi connectivity index (χ0n) is 20.4. The number of likely N-dealkylation sites (N-methyl/N-ethyl adjacent to an activating group) is 1. The number of aliphatic carboxylic acids is 1. The Morgan fingerprint density at radius 2 is 0.966 bits per heavy atom. The molecule has 0 aliphatic heterocycles. The van der Waals surface area contributed by atoms with Gasteiger partial charge in [-0.1, -0.05) is 104 Å². The summed E-state index contributed by atoms with van der Waals surface area (Å²) >= 11 is 0. The molecule has 1 N–H and O–H groups in total. The van der Waals surface area contributed by atoms with Crippen molar-refractivity contribution in [1.29, 1.82) is 0 Å². The molecule has 0 fully saturated rings. The lowest BCUT2D eigenvalue weighted by molar-refractivity contribution is -0.890. The SMILES string of the molecule is CCC(=O)[O-].CCCCCCCCCCCCCCCCCC[N+](C)(C)CCO. The predicted octanol–water partition coefficient (Wildman–Crippen LogP) is 5.46. The van der Waals surface area contributed by atoms with E-state index < -0.39 is 5.97 Å². The summed E-state index contributed by atoms with van der Waals surface area (Å²) in [6, 6.07) is 0. The molecule has 176 valence electrons. The summed E-state index contributed by atoms with van der Waals surface area (Å²) in [7, 11) is 4.45. The predicted molar refractivity (Wildman–Crippen MR) is 124 cm³/mol. The molecule has 0 unspecified atom stereocenters. The maximum Gasteiger partial charge on any atom is 0.102 e. The van der Waals surface area contributed by atoms with Crippen molar-refractivity contribution in [2.75, 3.05) is 33.8 Å². The summed E-state index contributed by atoms with van der Waals surface area (Å²) in [6.45, 7) is 6.23. The minimum absolute atomic E-state index is 0.111.